The molecule has 3 nitrogen and oxygen atoms in total. The summed E-state index contributed by atoms with van der Waals surface area (Å²) in [5.74, 6) is -0.924. The number of carboxylic acid groups (broad SMARTS) is 1. The van der Waals surface area contributed by atoms with Crippen LogP contribution in [-0.2, 0) is 11.2 Å². The van der Waals surface area contributed by atoms with E-state index in [1.165, 1.54) is 11.3 Å². The highest BCUT2D eigenvalue weighted by atomic mass is 16.4. The molecule has 0 bridgehead atoms. The SMILES string of the molecule is CCc1ccccc1N1CC(C(=O)O)CCC1(C)C. The van der Waals surface area contributed by atoms with E-state index in [4.69, 9.17) is 0 Å². The van der Waals surface area contributed by atoms with Crippen molar-refractivity contribution in [2.24, 2.45) is 5.92 Å². The van der Waals surface area contributed by atoms with Crippen LogP contribution in [0, 0.1) is 5.92 Å². The largest absolute Gasteiger partial charge is 0.481 e. The molecular formula is C16H23NO2. The van der Waals surface area contributed by atoms with E-state index in [9.17, 15) is 9.90 Å². The first-order chi connectivity index (χ1) is 8.95. The van der Waals surface area contributed by atoms with E-state index in [0.717, 1.165) is 19.3 Å². The summed E-state index contributed by atoms with van der Waals surface area (Å²) < 4.78 is 0. The van der Waals surface area contributed by atoms with Gasteiger partial charge >= 0.3 is 5.97 Å². The number of benzene rings is 1. The van der Waals surface area contributed by atoms with Gasteiger partial charge in [-0.05, 0) is 44.7 Å². The summed E-state index contributed by atoms with van der Waals surface area (Å²) in [5.41, 5.74) is 2.51. The third kappa shape index (κ3) is 2.75. The third-order valence-electron chi connectivity index (χ3n) is 4.25. The van der Waals surface area contributed by atoms with Crippen LogP contribution in [0.5, 0.6) is 0 Å². The molecule has 3 heteroatoms. The number of para-hydroxylation sites is 1. The van der Waals surface area contributed by atoms with E-state index >= 15 is 0 Å². The minimum absolute atomic E-state index is 0.0250. The van der Waals surface area contributed by atoms with Gasteiger partial charge < -0.3 is 10.0 Å². The number of hydrogen-bond acceptors (Lipinski definition) is 2. The van der Waals surface area contributed by atoms with Gasteiger partial charge in [0.25, 0.3) is 0 Å². The fourth-order valence-corrected chi connectivity index (χ4v) is 2.92. The molecule has 0 aromatic heterocycles. The number of rotatable bonds is 3. The van der Waals surface area contributed by atoms with Crippen LogP contribution in [0.15, 0.2) is 24.3 Å². The van der Waals surface area contributed by atoms with E-state index in [1.54, 1.807) is 0 Å². The molecule has 1 fully saturated rings. The van der Waals surface area contributed by atoms with Gasteiger partial charge in [-0.15, -0.1) is 0 Å². The smallest absolute Gasteiger partial charge is 0.308 e. The number of piperidine rings is 1. The van der Waals surface area contributed by atoms with Gasteiger partial charge in [0.1, 0.15) is 0 Å². The van der Waals surface area contributed by atoms with Crippen molar-refractivity contribution in [3.05, 3.63) is 29.8 Å². The van der Waals surface area contributed by atoms with Crippen LogP contribution in [-0.4, -0.2) is 23.2 Å². The number of carbonyl (C=O) groups is 1. The molecule has 0 aliphatic carbocycles. The molecule has 1 unspecified atom stereocenters. The van der Waals surface area contributed by atoms with Crippen LogP contribution >= 0.6 is 0 Å². The Morgan fingerprint density at radius 3 is 2.74 bits per heavy atom. The molecule has 1 aromatic rings. The lowest BCUT2D eigenvalue weighted by molar-refractivity contribution is -0.142. The zero-order valence-electron chi connectivity index (χ0n) is 12.0. The van der Waals surface area contributed by atoms with Crippen LogP contribution in [0.2, 0.25) is 0 Å². The van der Waals surface area contributed by atoms with E-state index in [2.05, 4.69) is 37.8 Å². The molecule has 1 aromatic carbocycles. The molecule has 1 aliphatic rings. The Kier molecular flexibility index (Phi) is 3.83. The van der Waals surface area contributed by atoms with Gasteiger partial charge in [-0.3, -0.25) is 4.79 Å². The lowest BCUT2D eigenvalue weighted by Gasteiger charge is -2.47. The second-order valence-electron chi connectivity index (χ2n) is 5.98. The standard InChI is InChI=1S/C16H23NO2/c1-4-12-7-5-6-8-14(12)17-11-13(15(18)19)9-10-16(17,2)3/h5-8,13H,4,9-11H2,1-3H3,(H,18,19). The molecule has 1 atom stereocenters. The predicted octanol–water partition coefficient (Wildman–Crippen LogP) is 3.33. The van der Waals surface area contributed by atoms with E-state index < -0.39 is 5.97 Å². The Hall–Kier alpha value is -1.51. The zero-order chi connectivity index (χ0) is 14.0. The summed E-state index contributed by atoms with van der Waals surface area (Å²) in [6, 6.07) is 8.34. The first kappa shape index (κ1) is 13.9. The lowest BCUT2D eigenvalue weighted by Crippen LogP contribution is -2.52. The number of anilines is 1. The van der Waals surface area contributed by atoms with Crippen LogP contribution < -0.4 is 4.90 Å². The monoisotopic (exact) mass is 261 g/mol. The topological polar surface area (TPSA) is 40.5 Å². The molecule has 1 N–H and O–H groups in total. The van der Waals surface area contributed by atoms with Gasteiger partial charge in [0.05, 0.1) is 5.92 Å². The molecule has 0 amide bonds. The maximum absolute atomic E-state index is 11.3. The normalized spacial score (nSPS) is 22.3. The van der Waals surface area contributed by atoms with Crippen molar-refractivity contribution in [3.8, 4) is 0 Å². The molecule has 1 aliphatic heterocycles. The molecular weight excluding hydrogens is 238 g/mol. The average Bonchev–Trinajstić information content (AvgIpc) is 2.38. The minimum Gasteiger partial charge on any atom is -0.481 e. The summed E-state index contributed by atoms with van der Waals surface area (Å²) >= 11 is 0. The first-order valence-corrected chi connectivity index (χ1v) is 7.04. The van der Waals surface area contributed by atoms with E-state index in [0.29, 0.717) is 6.54 Å². The molecule has 2 rings (SSSR count). The van der Waals surface area contributed by atoms with Crippen LogP contribution in [0.25, 0.3) is 0 Å². The van der Waals surface area contributed by atoms with Gasteiger partial charge in [-0.1, -0.05) is 25.1 Å². The maximum atomic E-state index is 11.3. The Morgan fingerprint density at radius 2 is 2.11 bits per heavy atom. The highest BCUT2D eigenvalue weighted by Gasteiger charge is 2.37. The second-order valence-corrected chi connectivity index (χ2v) is 5.98. The average molecular weight is 261 g/mol. The second kappa shape index (κ2) is 5.24. The predicted molar refractivity (Wildman–Crippen MR) is 77.6 cm³/mol. The molecule has 19 heavy (non-hydrogen) atoms. The lowest BCUT2D eigenvalue weighted by atomic mass is 9.84. The Bertz CT molecular complexity index is 468. The summed E-state index contributed by atoms with van der Waals surface area (Å²) in [6.45, 7) is 7.17. The zero-order valence-corrected chi connectivity index (χ0v) is 12.0. The van der Waals surface area contributed by atoms with E-state index in [-0.39, 0.29) is 11.5 Å². The van der Waals surface area contributed by atoms with Gasteiger partial charge in [0.2, 0.25) is 0 Å². The fraction of sp³-hybridized carbons (Fsp3) is 0.562. The number of nitrogens with zero attached hydrogens (tertiary/aromatic N) is 1. The maximum Gasteiger partial charge on any atom is 0.308 e. The third-order valence-corrected chi connectivity index (χ3v) is 4.25. The van der Waals surface area contributed by atoms with Gasteiger partial charge in [-0.25, -0.2) is 0 Å². The van der Waals surface area contributed by atoms with Crippen molar-refractivity contribution in [2.75, 3.05) is 11.4 Å². The van der Waals surface area contributed by atoms with Gasteiger partial charge in [-0.2, -0.15) is 0 Å². The van der Waals surface area contributed by atoms with Gasteiger partial charge in [0.15, 0.2) is 0 Å². The quantitative estimate of drug-likeness (QED) is 0.907. The number of hydrogen-bond donors (Lipinski definition) is 1. The fourth-order valence-electron chi connectivity index (χ4n) is 2.92. The van der Waals surface area contributed by atoms with Crippen LogP contribution in [0.1, 0.15) is 39.2 Å². The molecule has 1 saturated heterocycles. The Morgan fingerprint density at radius 1 is 1.42 bits per heavy atom. The number of carboxylic acids is 1. The van der Waals surface area contributed by atoms with Crippen molar-refractivity contribution in [1.82, 2.24) is 0 Å². The highest BCUT2D eigenvalue weighted by Crippen LogP contribution is 2.36. The van der Waals surface area contributed by atoms with Crippen molar-refractivity contribution >= 4 is 11.7 Å². The van der Waals surface area contributed by atoms with Crippen LogP contribution in [0.4, 0.5) is 5.69 Å². The summed E-state index contributed by atoms with van der Waals surface area (Å²) in [6.07, 6.45) is 2.66. The van der Waals surface area contributed by atoms with Crippen molar-refractivity contribution in [1.29, 1.82) is 0 Å². The first-order valence-electron chi connectivity index (χ1n) is 7.04. The minimum atomic E-state index is -0.672. The summed E-state index contributed by atoms with van der Waals surface area (Å²) in [4.78, 5) is 13.6. The molecule has 104 valence electrons. The number of aliphatic carboxylic acids is 1. The van der Waals surface area contributed by atoms with E-state index in [1.807, 2.05) is 12.1 Å². The van der Waals surface area contributed by atoms with Gasteiger partial charge in [0, 0.05) is 17.8 Å². The molecule has 0 radical (unpaired) electrons. The molecule has 0 saturated carbocycles. The Labute approximate surface area is 115 Å². The number of aryl methyl sites for hydroxylation is 1. The van der Waals surface area contributed by atoms with Crippen molar-refractivity contribution in [3.63, 3.8) is 0 Å². The highest BCUT2D eigenvalue weighted by molar-refractivity contribution is 5.72. The van der Waals surface area contributed by atoms with Crippen LogP contribution in [0.3, 0.4) is 0 Å². The van der Waals surface area contributed by atoms with Crippen molar-refractivity contribution < 1.29 is 9.90 Å². The Balaban J connectivity index is 2.35. The van der Waals surface area contributed by atoms with Crippen molar-refractivity contribution in [2.45, 2.75) is 45.6 Å². The summed E-state index contributed by atoms with van der Waals surface area (Å²) in [7, 11) is 0. The molecule has 0 spiro atoms. The summed E-state index contributed by atoms with van der Waals surface area (Å²) in [5, 5.41) is 9.27. The molecule has 1 heterocycles.